The molecule has 1 aliphatic rings. The van der Waals surface area contributed by atoms with Crippen LogP contribution in [0.4, 0.5) is 5.69 Å². The van der Waals surface area contributed by atoms with Gasteiger partial charge in [-0.1, -0.05) is 31.5 Å². The minimum atomic E-state index is 0.681. The van der Waals surface area contributed by atoms with Crippen LogP contribution < -0.4 is 10.2 Å². The molecule has 1 saturated carbocycles. The van der Waals surface area contributed by atoms with E-state index in [0.29, 0.717) is 12.0 Å². The molecule has 100 valence electrons. The molecule has 1 fully saturated rings. The van der Waals surface area contributed by atoms with Crippen LogP contribution in [0.1, 0.15) is 32.3 Å². The van der Waals surface area contributed by atoms with Crippen molar-refractivity contribution >= 4 is 17.3 Å². The van der Waals surface area contributed by atoms with Crippen LogP contribution in [-0.2, 0) is 6.54 Å². The van der Waals surface area contributed by atoms with Crippen LogP contribution in [0.2, 0.25) is 5.02 Å². The van der Waals surface area contributed by atoms with Crippen LogP contribution in [0.5, 0.6) is 0 Å². The molecule has 2 nitrogen and oxygen atoms in total. The first-order valence-electron chi connectivity index (χ1n) is 6.80. The molecule has 0 heterocycles. The van der Waals surface area contributed by atoms with Crippen LogP contribution >= 0.6 is 11.6 Å². The van der Waals surface area contributed by atoms with Gasteiger partial charge in [-0.05, 0) is 43.0 Å². The third kappa shape index (κ3) is 3.63. The Bertz CT molecular complexity index is 399. The maximum absolute atomic E-state index is 6.37. The predicted molar refractivity (Wildman–Crippen MR) is 79.4 cm³/mol. The van der Waals surface area contributed by atoms with Gasteiger partial charge in [-0.2, -0.15) is 0 Å². The van der Waals surface area contributed by atoms with E-state index in [4.69, 9.17) is 11.6 Å². The Morgan fingerprint density at radius 3 is 2.67 bits per heavy atom. The molecule has 1 N–H and O–H groups in total. The van der Waals surface area contributed by atoms with E-state index in [1.165, 1.54) is 18.4 Å². The van der Waals surface area contributed by atoms with Crippen molar-refractivity contribution in [2.24, 2.45) is 5.92 Å². The predicted octanol–water partition coefficient (Wildman–Crippen LogP) is 3.68. The van der Waals surface area contributed by atoms with Gasteiger partial charge in [-0.15, -0.1) is 0 Å². The lowest BCUT2D eigenvalue weighted by Gasteiger charge is -2.20. The molecule has 1 aromatic rings. The van der Waals surface area contributed by atoms with Crippen molar-refractivity contribution in [1.82, 2.24) is 5.32 Å². The van der Waals surface area contributed by atoms with Crippen molar-refractivity contribution in [3.8, 4) is 0 Å². The Kier molecular flexibility index (Phi) is 4.52. The number of anilines is 1. The molecule has 1 aliphatic carbocycles. The van der Waals surface area contributed by atoms with Gasteiger partial charge in [0.2, 0.25) is 0 Å². The molecule has 18 heavy (non-hydrogen) atoms. The first kappa shape index (κ1) is 13.7. The average Bonchev–Trinajstić information content (AvgIpc) is 3.11. The maximum Gasteiger partial charge on any atom is 0.0642 e. The van der Waals surface area contributed by atoms with Gasteiger partial charge in [-0.3, -0.25) is 0 Å². The Hall–Kier alpha value is -0.730. The third-order valence-corrected chi connectivity index (χ3v) is 3.67. The van der Waals surface area contributed by atoms with E-state index < -0.39 is 0 Å². The van der Waals surface area contributed by atoms with Crippen LogP contribution in [0.15, 0.2) is 18.2 Å². The Balaban J connectivity index is 1.96. The number of hydrogen-bond donors (Lipinski definition) is 1. The molecule has 0 bridgehead atoms. The average molecular weight is 267 g/mol. The lowest BCUT2D eigenvalue weighted by atomic mass is 10.1. The second-order valence-electron chi connectivity index (χ2n) is 5.65. The van der Waals surface area contributed by atoms with E-state index in [1.54, 1.807) is 0 Å². The Morgan fingerprint density at radius 2 is 2.11 bits per heavy atom. The molecule has 0 aromatic heterocycles. The molecule has 2 rings (SSSR count). The maximum atomic E-state index is 6.37. The molecule has 0 spiro atoms. The van der Waals surface area contributed by atoms with Crippen molar-refractivity contribution in [3.05, 3.63) is 28.8 Å². The second-order valence-corrected chi connectivity index (χ2v) is 6.06. The highest BCUT2D eigenvalue weighted by Gasteiger charge is 2.27. The van der Waals surface area contributed by atoms with Gasteiger partial charge >= 0.3 is 0 Å². The topological polar surface area (TPSA) is 15.3 Å². The standard InChI is InChI=1S/C15H23ClN2/c1-11(2)9-17-10-12-4-7-15(14(16)8-12)18(3)13-5-6-13/h4,7-8,11,13,17H,5-6,9-10H2,1-3H3. The highest BCUT2D eigenvalue weighted by Crippen LogP contribution is 2.34. The summed E-state index contributed by atoms with van der Waals surface area (Å²) in [4.78, 5) is 2.30. The van der Waals surface area contributed by atoms with Crippen molar-refractivity contribution in [3.63, 3.8) is 0 Å². The zero-order chi connectivity index (χ0) is 13.1. The van der Waals surface area contributed by atoms with Crippen LogP contribution in [0.25, 0.3) is 0 Å². The Morgan fingerprint density at radius 1 is 1.39 bits per heavy atom. The molecule has 0 unspecified atom stereocenters. The van der Waals surface area contributed by atoms with Crippen LogP contribution in [0, 0.1) is 5.92 Å². The smallest absolute Gasteiger partial charge is 0.0642 e. The summed E-state index contributed by atoms with van der Waals surface area (Å²) in [5.41, 5.74) is 2.42. The summed E-state index contributed by atoms with van der Waals surface area (Å²) in [7, 11) is 2.13. The first-order chi connectivity index (χ1) is 8.58. The third-order valence-electron chi connectivity index (χ3n) is 3.37. The highest BCUT2D eigenvalue weighted by molar-refractivity contribution is 6.33. The fourth-order valence-electron chi connectivity index (χ4n) is 2.11. The van der Waals surface area contributed by atoms with Crippen LogP contribution in [-0.4, -0.2) is 19.6 Å². The molecule has 0 saturated heterocycles. The van der Waals surface area contributed by atoms with Gasteiger partial charge in [0.05, 0.1) is 10.7 Å². The van der Waals surface area contributed by atoms with Gasteiger partial charge < -0.3 is 10.2 Å². The van der Waals surface area contributed by atoms with Crippen molar-refractivity contribution < 1.29 is 0 Å². The fraction of sp³-hybridized carbons (Fsp3) is 0.600. The molecule has 0 atom stereocenters. The van der Waals surface area contributed by atoms with Gasteiger partial charge in [0.1, 0.15) is 0 Å². The minimum absolute atomic E-state index is 0.681. The van der Waals surface area contributed by atoms with Gasteiger partial charge in [0, 0.05) is 19.6 Å². The van der Waals surface area contributed by atoms with E-state index in [1.807, 2.05) is 0 Å². The zero-order valence-electron chi connectivity index (χ0n) is 11.5. The van der Waals surface area contributed by atoms with E-state index in [9.17, 15) is 0 Å². The first-order valence-corrected chi connectivity index (χ1v) is 7.17. The number of rotatable bonds is 6. The summed E-state index contributed by atoms with van der Waals surface area (Å²) in [6, 6.07) is 7.11. The lowest BCUT2D eigenvalue weighted by Crippen LogP contribution is -2.21. The number of benzene rings is 1. The minimum Gasteiger partial charge on any atom is -0.370 e. The molecule has 0 radical (unpaired) electrons. The summed E-state index contributed by atoms with van der Waals surface area (Å²) in [5, 5.41) is 4.31. The zero-order valence-corrected chi connectivity index (χ0v) is 12.3. The number of nitrogens with one attached hydrogen (secondary N) is 1. The van der Waals surface area contributed by atoms with Crippen LogP contribution in [0.3, 0.4) is 0 Å². The quantitative estimate of drug-likeness (QED) is 0.845. The van der Waals surface area contributed by atoms with Gasteiger partial charge in [0.25, 0.3) is 0 Å². The van der Waals surface area contributed by atoms with Crippen molar-refractivity contribution in [1.29, 1.82) is 0 Å². The van der Waals surface area contributed by atoms with E-state index >= 15 is 0 Å². The second kappa shape index (κ2) is 5.94. The Labute approximate surface area is 115 Å². The van der Waals surface area contributed by atoms with E-state index in [2.05, 4.69) is 49.3 Å². The van der Waals surface area contributed by atoms with Crippen molar-refractivity contribution in [2.75, 3.05) is 18.5 Å². The summed E-state index contributed by atoms with van der Waals surface area (Å²) in [6.07, 6.45) is 2.59. The number of hydrogen-bond acceptors (Lipinski definition) is 2. The molecule has 3 heteroatoms. The normalized spacial score (nSPS) is 15.2. The molecule has 1 aromatic carbocycles. The van der Waals surface area contributed by atoms with Crippen molar-refractivity contribution in [2.45, 2.75) is 39.3 Å². The summed E-state index contributed by atoms with van der Waals surface area (Å²) in [6.45, 7) is 6.37. The van der Waals surface area contributed by atoms with E-state index in [-0.39, 0.29) is 0 Å². The highest BCUT2D eigenvalue weighted by atomic mass is 35.5. The monoisotopic (exact) mass is 266 g/mol. The van der Waals surface area contributed by atoms with Gasteiger partial charge in [0.15, 0.2) is 0 Å². The van der Waals surface area contributed by atoms with Gasteiger partial charge in [-0.25, -0.2) is 0 Å². The van der Waals surface area contributed by atoms with E-state index in [0.717, 1.165) is 23.8 Å². The number of halogens is 1. The molecular weight excluding hydrogens is 244 g/mol. The molecular formula is C15H23ClN2. The lowest BCUT2D eigenvalue weighted by molar-refractivity contribution is 0.552. The molecule has 0 amide bonds. The summed E-state index contributed by atoms with van der Waals surface area (Å²) < 4.78 is 0. The summed E-state index contributed by atoms with van der Waals surface area (Å²) in [5.74, 6) is 0.681. The summed E-state index contributed by atoms with van der Waals surface area (Å²) >= 11 is 6.37. The molecule has 0 aliphatic heterocycles. The SMILES string of the molecule is CC(C)CNCc1ccc(N(C)C2CC2)c(Cl)c1. The number of nitrogens with zero attached hydrogens (tertiary/aromatic N) is 1. The fourth-order valence-corrected chi connectivity index (χ4v) is 2.45. The largest absolute Gasteiger partial charge is 0.370 e.